The van der Waals surface area contributed by atoms with Crippen molar-refractivity contribution in [1.82, 2.24) is 5.32 Å². The molecule has 0 saturated carbocycles. The van der Waals surface area contributed by atoms with Gasteiger partial charge in [-0.25, -0.2) is 0 Å². The van der Waals surface area contributed by atoms with Crippen LogP contribution in [0.1, 0.15) is 53.9 Å². The van der Waals surface area contributed by atoms with Crippen molar-refractivity contribution in [2.45, 2.75) is 71.8 Å². The largest absolute Gasteiger partial charge is 0.356 e. The summed E-state index contributed by atoms with van der Waals surface area (Å²) in [5.74, 6) is 0.694. The fourth-order valence-corrected chi connectivity index (χ4v) is 2.64. The Kier molecular flexibility index (Phi) is 3.96. The van der Waals surface area contributed by atoms with E-state index in [9.17, 15) is 0 Å². The molecule has 1 fully saturated rings. The first-order chi connectivity index (χ1) is 6.59. The van der Waals surface area contributed by atoms with Gasteiger partial charge in [0.15, 0.2) is 0 Å². The van der Waals surface area contributed by atoms with E-state index < -0.39 is 0 Å². The highest BCUT2D eigenvalue weighted by Crippen LogP contribution is 2.36. The molecule has 84 valence electrons. The molecule has 0 aromatic heterocycles. The molecule has 0 aliphatic carbocycles. The van der Waals surface area contributed by atoms with Crippen LogP contribution < -0.4 is 5.32 Å². The molecule has 3 atom stereocenters. The maximum absolute atomic E-state index is 6.07. The van der Waals surface area contributed by atoms with Gasteiger partial charge in [-0.3, -0.25) is 5.32 Å². The summed E-state index contributed by atoms with van der Waals surface area (Å²) >= 11 is 0. The number of nitrogens with one attached hydrogen (secondary N) is 1. The lowest BCUT2D eigenvalue weighted by atomic mass is 9.81. The fraction of sp³-hybridized carbons (Fsp3) is 1.00. The molecule has 1 N–H and O–H groups in total. The monoisotopic (exact) mass is 199 g/mol. The van der Waals surface area contributed by atoms with Gasteiger partial charge in [-0.05, 0) is 25.7 Å². The molecule has 0 amide bonds. The van der Waals surface area contributed by atoms with E-state index in [0.29, 0.717) is 12.0 Å². The van der Waals surface area contributed by atoms with Crippen LogP contribution in [0.2, 0.25) is 0 Å². The predicted octanol–water partition coefficient (Wildman–Crippen LogP) is 2.93. The third-order valence-electron chi connectivity index (χ3n) is 3.80. The maximum Gasteiger partial charge on any atom is 0.106 e. The van der Waals surface area contributed by atoms with Gasteiger partial charge in [0.2, 0.25) is 0 Å². The molecular weight excluding hydrogens is 174 g/mol. The lowest BCUT2D eigenvalue weighted by Crippen LogP contribution is -2.47. The normalized spacial score (nSPS) is 33.2. The summed E-state index contributed by atoms with van der Waals surface area (Å²) in [6, 6.07) is 0.525. The summed E-state index contributed by atoms with van der Waals surface area (Å²) in [6.07, 6.45) is 3.65. The first-order valence-corrected chi connectivity index (χ1v) is 6.03. The molecular formula is C12H25NO. The second kappa shape index (κ2) is 4.63. The van der Waals surface area contributed by atoms with Crippen LogP contribution in [0.3, 0.4) is 0 Å². The van der Waals surface area contributed by atoms with E-state index in [0.717, 1.165) is 12.8 Å². The van der Waals surface area contributed by atoms with Crippen molar-refractivity contribution in [2.24, 2.45) is 5.92 Å². The molecule has 0 aromatic rings. The molecule has 1 aliphatic heterocycles. The maximum atomic E-state index is 6.07. The number of rotatable bonds is 4. The van der Waals surface area contributed by atoms with Crippen molar-refractivity contribution in [3.63, 3.8) is 0 Å². The van der Waals surface area contributed by atoms with Gasteiger partial charge in [0.25, 0.3) is 0 Å². The van der Waals surface area contributed by atoms with E-state index in [-0.39, 0.29) is 11.8 Å². The Morgan fingerprint density at radius 2 is 1.86 bits per heavy atom. The lowest BCUT2D eigenvalue weighted by molar-refractivity contribution is -0.0523. The molecule has 14 heavy (non-hydrogen) atoms. The molecule has 2 nitrogen and oxygen atoms in total. The molecule has 2 unspecified atom stereocenters. The average Bonchev–Trinajstić information content (AvgIpc) is 2.55. The molecule has 0 bridgehead atoms. The molecule has 1 saturated heterocycles. The molecule has 2 heteroatoms. The first kappa shape index (κ1) is 12.0. The smallest absolute Gasteiger partial charge is 0.106 e. The van der Waals surface area contributed by atoms with Gasteiger partial charge >= 0.3 is 0 Å². The second-order valence-corrected chi connectivity index (χ2v) is 4.56. The Balaban J connectivity index is 2.80. The lowest BCUT2D eigenvalue weighted by Gasteiger charge is -2.35. The minimum atomic E-state index is 0.0782. The first-order valence-electron chi connectivity index (χ1n) is 6.03. The van der Waals surface area contributed by atoms with Crippen molar-refractivity contribution in [2.75, 3.05) is 0 Å². The van der Waals surface area contributed by atoms with Gasteiger partial charge in [0, 0.05) is 6.04 Å². The Morgan fingerprint density at radius 1 is 1.29 bits per heavy atom. The number of hydrogen-bond donors (Lipinski definition) is 1. The van der Waals surface area contributed by atoms with Gasteiger partial charge in [0.1, 0.15) is 6.23 Å². The highest BCUT2D eigenvalue weighted by Gasteiger charge is 2.46. The van der Waals surface area contributed by atoms with E-state index in [2.05, 4.69) is 39.9 Å². The molecule has 1 aliphatic rings. The zero-order chi connectivity index (χ0) is 10.8. The Labute approximate surface area is 88.4 Å². The number of ether oxygens (including phenoxy) is 1. The Morgan fingerprint density at radius 3 is 2.29 bits per heavy atom. The zero-order valence-electron chi connectivity index (χ0n) is 10.3. The van der Waals surface area contributed by atoms with E-state index in [4.69, 9.17) is 4.74 Å². The summed E-state index contributed by atoms with van der Waals surface area (Å²) in [5.41, 5.74) is 0.0782. The molecule has 0 aromatic carbocycles. The Bertz CT molecular complexity index is 177. The minimum absolute atomic E-state index is 0.0782. The van der Waals surface area contributed by atoms with Crippen LogP contribution in [-0.4, -0.2) is 17.9 Å². The molecule has 0 radical (unpaired) electrons. The molecule has 1 rings (SSSR count). The van der Waals surface area contributed by atoms with Gasteiger partial charge in [-0.2, -0.15) is 0 Å². The summed E-state index contributed by atoms with van der Waals surface area (Å²) in [6.45, 7) is 11.2. The van der Waals surface area contributed by atoms with E-state index in [1.807, 2.05) is 0 Å². The standard InChI is InChI=1S/C12H25NO/c1-6-9(4)11-12(7-2,8-3)14-10(5)13-11/h9-11,13H,6-8H2,1-5H3/t9?,10?,11-/m0/s1. The summed E-state index contributed by atoms with van der Waals surface area (Å²) in [7, 11) is 0. The van der Waals surface area contributed by atoms with Crippen LogP contribution in [0.4, 0.5) is 0 Å². The van der Waals surface area contributed by atoms with E-state index >= 15 is 0 Å². The van der Waals surface area contributed by atoms with Crippen molar-refractivity contribution < 1.29 is 4.74 Å². The average molecular weight is 199 g/mol. The third-order valence-corrected chi connectivity index (χ3v) is 3.80. The van der Waals surface area contributed by atoms with Gasteiger partial charge in [-0.15, -0.1) is 0 Å². The fourth-order valence-electron chi connectivity index (χ4n) is 2.64. The van der Waals surface area contributed by atoms with Crippen LogP contribution in [0, 0.1) is 5.92 Å². The minimum Gasteiger partial charge on any atom is -0.356 e. The van der Waals surface area contributed by atoms with Crippen molar-refractivity contribution >= 4 is 0 Å². The molecule has 0 spiro atoms. The van der Waals surface area contributed by atoms with Crippen LogP contribution in [-0.2, 0) is 4.74 Å². The van der Waals surface area contributed by atoms with E-state index in [1.54, 1.807) is 0 Å². The van der Waals surface area contributed by atoms with Crippen molar-refractivity contribution in [1.29, 1.82) is 0 Å². The quantitative estimate of drug-likeness (QED) is 0.751. The summed E-state index contributed by atoms with van der Waals surface area (Å²) in [5, 5.41) is 3.58. The van der Waals surface area contributed by atoms with Crippen molar-refractivity contribution in [3.05, 3.63) is 0 Å². The SMILES string of the molecule is CCC(C)[C@@H]1NC(C)OC1(CC)CC. The number of hydrogen-bond acceptors (Lipinski definition) is 2. The van der Waals surface area contributed by atoms with E-state index in [1.165, 1.54) is 6.42 Å². The van der Waals surface area contributed by atoms with Crippen LogP contribution in [0.5, 0.6) is 0 Å². The van der Waals surface area contributed by atoms with Crippen molar-refractivity contribution in [3.8, 4) is 0 Å². The highest BCUT2D eigenvalue weighted by atomic mass is 16.5. The predicted molar refractivity (Wildman–Crippen MR) is 60.2 cm³/mol. The van der Waals surface area contributed by atoms with Crippen LogP contribution >= 0.6 is 0 Å². The van der Waals surface area contributed by atoms with Gasteiger partial charge in [0.05, 0.1) is 5.60 Å². The second-order valence-electron chi connectivity index (χ2n) is 4.56. The third kappa shape index (κ3) is 1.96. The summed E-state index contributed by atoms with van der Waals surface area (Å²) in [4.78, 5) is 0. The summed E-state index contributed by atoms with van der Waals surface area (Å²) < 4.78 is 6.07. The van der Waals surface area contributed by atoms with Crippen LogP contribution in [0.15, 0.2) is 0 Å². The Hall–Kier alpha value is -0.0800. The zero-order valence-corrected chi connectivity index (χ0v) is 10.3. The van der Waals surface area contributed by atoms with Crippen LogP contribution in [0.25, 0.3) is 0 Å². The van der Waals surface area contributed by atoms with Gasteiger partial charge < -0.3 is 4.74 Å². The van der Waals surface area contributed by atoms with Gasteiger partial charge in [-0.1, -0.05) is 34.1 Å². The highest BCUT2D eigenvalue weighted by molar-refractivity contribution is 4.99. The molecule has 1 heterocycles. The topological polar surface area (TPSA) is 21.3 Å².